The van der Waals surface area contributed by atoms with Gasteiger partial charge in [0.2, 0.25) is 11.8 Å². The topological polar surface area (TPSA) is 78.1 Å². The molecule has 1 saturated heterocycles. The maximum Gasteiger partial charge on any atom is 0.248 e. The van der Waals surface area contributed by atoms with E-state index >= 15 is 0 Å². The van der Waals surface area contributed by atoms with Crippen molar-refractivity contribution < 1.29 is 18.4 Å². The third-order valence-electron chi connectivity index (χ3n) is 3.87. The Bertz CT molecular complexity index is 775. The summed E-state index contributed by atoms with van der Waals surface area (Å²) in [5.41, 5.74) is 0.263. The number of hydrogen-bond acceptors (Lipinski definition) is 3. The van der Waals surface area contributed by atoms with Gasteiger partial charge < -0.3 is 10.2 Å². The number of hydrogen-bond donors (Lipinski definition) is 2. The zero-order valence-electron chi connectivity index (χ0n) is 12.3. The van der Waals surface area contributed by atoms with Crippen LogP contribution >= 0.6 is 0 Å². The predicted octanol–water partition coefficient (Wildman–Crippen LogP) is 1.91. The molecule has 6 nitrogen and oxygen atoms in total. The number of likely N-dealkylation sites (tertiary alicyclic amines) is 1. The number of halogens is 2. The normalized spacial score (nSPS) is 17.6. The van der Waals surface area contributed by atoms with E-state index in [2.05, 4.69) is 15.5 Å². The second-order valence-corrected chi connectivity index (χ2v) is 5.32. The van der Waals surface area contributed by atoms with E-state index in [0.29, 0.717) is 12.8 Å². The van der Waals surface area contributed by atoms with Crippen molar-refractivity contribution in [3.63, 3.8) is 0 Å². The van der Waals surface area contributed by atoms with Crippen molar-refractivity contribution in [2.75, 3.05) is 12.4 Å². The van der Waals surface area contributed by atoms with Crippen LogP contribution in [0.4, 0.5) is 14.6 Å². The summed E-state index contributed by atoms with van der Waals surface area (Å²) in [6.07, 6.45) is 0.770. The fraction of sp³-hybridized carbons (Fsp3) is 0.267. The number of benzene rings is 1. The average Bonchev–Trinajstić information content (AvgIpc) is 3.10. The van der Waals surface area contributed by atoms with Crippen LogP contribution in [0.15, 0.2) is 24.3 Å². The lowest BCUT2D eigenvalue weighted by Gasteiger charge is -2.18. The highest BCUT2D eigenvalue weighted by Gasteiger charge is 2.33. The van der Waals surface area contributed by atoms with Gasteiger partial charge in [-0.1, -0.05) is 6.07 Å². The second-order valence-electron chi connectivity index (χ2n) is 5.32. The summed E-state index contributed by atoms with van der Waals surface area (Å²) in [6.45, 7) is 0. The fourth-order valence-corrected chi connectivity index (χ4v) is 2.56. The van der Waals surface area contributed by atoms with E-state index in [1.807, 2.05) is 0 Å². The Morgan fingerprint density at radius 1 is 1.43 bits per heavy atom. The van der Waals surface area contributed by atoms with Crippen LogP contribution in [0.2, 0.25) is 0 Å². The van der Waals surface area contributed by atoms with Crippen molar-refractivity contribution in [2.24, 2.45) is 0 Å². The molecule has 120 valence electrons. The summed E-state index contributed by atoms with van der Waals surface area (Å²) >= 11 is 0. The Balaban J connectivity index is 1.76. The molecule has 1 aliphatic heterocycles. The van der Waals surface area contributed by atoms with Gasteiger partial charge in [0.05, 0.1) is 5.69 Å². The molecule has 2 heterocycles. The molecule has 1 atom stereocenters. The molecule has 0 aliphatic carbocycles. The zero-order valence-corrected chi connectivity index (χ0v) is 12.3. The molecule has 0 saturated carbocycles. The van der Waals surface area contributed by atoms with Gasteiger partial charge in [0.25, 0.3) is 0 Å². The minimum atomic E-state index is -0.991. The summed E-state index contributed by atoms with van der Waals surface area (Å²) in [7, 11) is 1.57. The van der Waals surface area contributed by atoms with Gasteiger partial charge in [-0.2, -0.15) is 5.10 Å². The Morgan fingerprint density at radius 3 is 2.91 bits per heavy atom. The summed E-state index contributed by atoms with van der Waals surface area (Å²) in [6, 6.07) is 4.66. The highest BCUT2D eigenvalue weighted by atomic mass is 19.2. The number of carbonyl (C=O) groups is 2. The minimum Gasteiger partial charge on any atom is -0.334 e. The van der Waals surface area contributed by atoms with E-state index in [1.54, 1.807) is 7.05 Å². The Morgan fingerprint density at radius 2 is 2.22 bits per heavy atom. The third-order valence-corrected chi connectivity index (χ3v) is 3.87. The summed E-state index contributed by atoms with van der Waals surface area (Å²) in [4.78, 5) is 25.0. The molecule has 1 fully saturated rings. The molecule has 0 spiro atoms. The molecule has 1 unspecified atom stereocenters. The van der Waals surface area contributed by atoms with E-state index in [0.717, 1.165) is 6.07 Å². The number of carbonyl (C=O) groups excluding carboxylic acids is 2. The van der Waals surface area contributed by atoms with Gasteiger partial charge in [-0.25, -0.2) is 8.78 Å². The van der Waals surface area contributed by atoms with Crippen LogP contribution in [-0.2, 0) is 9.59 Å². The third kappa shape index (κ3) is 2.79. The van der Waals surface area contributed by atoms with Crippen molar-refractivity contribution in [3.05, 3.63) is 35.9 Å². The average molecular weight is 320 g/mol. The van der Waals surface area contributed by atoms with E-state index in [1.165, 1.54) is 23.1 Å². The molecule has 0 bridgehead atoms. The minimum absolute atomic E-state index is 0.0196. The monoisotopic (exact) mass is 320 g/mol. The molecule has 2 N–H and O–H groups in total. The number of amides is 2. The molecule has 8 heteroatoms. The van der Waals surface area contributed by atoms with Gasteiger partial charge in [0.15, 0.2) is 17.5 Å². The number of rotatable bonds is 3. The first-order chi connectivity index (χ1) is 11.0. The van der Waals surface area contributed by atoms with Crippen LogP contribution in [0.1, 0.15) is 12.8 Å². The van der Waals surface area contributed by atoms with Gasteiger partial charge >= 0.3 is 0 Å². The SMILES string of the molecule is CN1C(=O)CCC1C(=O)Nc1cc(-c2cccc(F)c2F)[nH]n1. The molecule has 1 aromatic carbocycles. The van der Waals surface area contributed by atoms with Gasteiger partial charge in [-0.15, -0.1) is 0 Å². The fourth-order valence-electron chi connectivity index (χ4n) is 2.56. The lowest BCUT2D eigenvalue weighted by Crippen LogP contribution is -2.38. The van der Waals surface area contributed by atoms with Crippen molar-refractivity contribution >= 4 is 17.6 Å². The van der Waals surface area contributed by atoms with E-state index in [9.17, 15) is 18.4 Å². The molecule has 1 aromatic heterocycles. The molecule has 0 radical (unpaired) electrons. The van der Waals surface area contributed by atoms with Crippen molar-refractivity contribution in [1.82, 2.24) is 15.1 Å². The van der Waals surface area contributed by atoms with Crippen molar-refractivity contribution in [1.29, 1.82) is 0 Å². The maximum atomic E-state index is 13.7. The standard InChI is InChI=1S/C15H14F2N4O2/c1-21-11(5-6-13(21)22)15(23)18-12-7-10(19-20-12)8-3-2-4-9(16)14(8)17/h2-4,7,11H,5-6H2,1H3,(H2,18,19,20,23). The highest BCUT2D eigenvalue weighted by Crippen LogP contribution is 2.25. The van der Waals surface area contributed by atoms with Gasteiger partial charge in [-0.05, 0) is 18.6 Å². The quantitative estimate of drug-likeness (QED) is 0.907. The number of aromatic nitrogens is 2. The first-order valence-corrected chi connectivity index (χ1v) is 7.03. The number of nitrogens with one attached hydrogen (secondary N) is 2. The summed E-state index contributed by atoms with van der Waals surface area (Å²) in [5.74, 6) is -2.23. The molecule has 1 aliphatic rings. The molecular formula is C15H14F2N4O2. The lowest BCUT2D eigenvalue weighted by atomic mass is 10.1. The largest absolute Gasteiger partial charge is 0.334 e. The molecule has 2 amide bonds. The number of aromatic amines is 1. The van der Waals surface area contributed by atoms with Crippen LogP contribution in [-0.4, -0.2) is 40.0 Å². The lowest BCUT2D eigenvalue weighted by molar-refractivity contribution is -0.131. The number of H-pyrrole nitrogens is 1. The van der Waals surface area contributed by atoms with Gasteiger partial charge in [-0.3, -0.25) is 14.7 Å². The van der Waals surface area contributed by atoms with Crippen LogP contribution in [0, 0.1) is 11.6 Å². The van der Waals surface area contributed by atoms with Crippen molar-refractivity contribution in [3.8, 4) is 11.3 Å². The molecule has 23 heavy (non-hydrogen) atoms. The smallest absolute Gasteiger partial charge is 0.248 e. The summed E-state index contributed by atoms with van der Waals surface area (Å²) < 4.78 is 27.0. The first-order valence-electron chi connectivity index (χ1n) is 7.03. The van der Waals surface area contributed by atoms with Crippen LogP contribution < -0.4 is 5.32 Å². The van der Waals surface area contributed by atoms with E-state index in [-0.39, 0.29) is 28.9 Å². The number of nitrogens with zero attached hydrogens (tertiary/aromatic N) is 2. The maximum absolute atomic E-state index is 13.7. The van der Waals surface area contributed by atoms with Gasteiger partial charge in [0.1, 0.15) is 6.04 Å². The van der Waals surface area contributed by atoms with E-state index < -0.39 is 17.7 Å². The molecule has 2 aromatic rings. The molecule has 3 rings (SSSR count). The van der Waals surface area contributed by atoms with Crippen LogP contribution in [0.3, 0.4) is 0 Å². The Hall–Kier alpha value is -2.77. The molecular weight excluding hydrogens is 306 g/mol. The second kappa shape index (κ2) is 5.79. The van der Waals surface area contributed by atoms with Crippen molar-refractivity contribution in [2.45, 2.75) is 18.9 Å². The summed E-state index contributed by atoms with van der Waals surface area (Å²) in [5, 5.41) is 8.99. The Kier molecular flexibility index (Phi) is 3.81. The van der Waals surface area contributed by atoms with Crippen LogP contribution in [0.5, 0.6) is 0 Å². The number of likely N-dealkylation sites (N-methyl/N-ethyl adjacent to an activating group) is 1. The number of anilines is 1. The van der Waals surface area contributed by atoms with Gasteiger partial charge in [0, 0.05) is 25.1 Å². The first kappa shape index (κ1) is 15.1. The predicted molar refractivity (Wildman–Crippen MR) is 78.4 cm³/mol. The zero-order chi connectivity index (χ0) is 16.6. The highest BCUT2D eigenvalue weighted by molar-refractivity contribution is 5.98. The Labute approximate surface area is 130 Å². The van der Waals surface area contributed by atoms with E-state index in [4.69, 9.17) is 0 Å². The van der Waals surface area contributed by atoms with Crippen LogP contribution in [0.25, 0.3) is 11.3 Å².